The van der Waals surface area contributed by atoms with Crippen molar-refractivity contribution in [3.8, 4) is 0 Å². The normalized spacial score (nSPS) is 15.6. The predicted molar refractivity (Wildman–Crippen MR) is 58.6 cm³/mol. The summed E-state index contributed by atoms with van der Waals surface area (Å²) in [5, 5.41) is 10.5. The second-order valence-electron chi connectivity index (χ2n) is 3.81. The summed E-state index contributed by atoms with van der Waals surface area (Å²) in [6, 6.07) is 7.62. The fraction of sp³-hybridized carbons (Fsp3) is 0.455. The van der Waals surface area contributed by atoms with Crippen LogP contribution in [0.2, 0.25) is 0 Å². The number of hydrogen-bond donors (Lipinski definition) is 0. The predicted octanol–water partition coefficient (Wildman–Crippen LogP) is 2.06. The molecular formula is C11H14N2O2. The number of para-hydroxylation sites is 1. The molecule has 0 unspecified atom stereocenters. The zero-order chi connectivity index (χ0) is 10.7. The van der Waals surface area contributed by atoms with Crippen molar-refractivity contribution in [2.45, 2.75) is 19.4 Å². The van der Waals surface area contributed by atoms with Crippen LogP contribution in [0.1, 0.15) is 18.4 Å². The summed E-state index contributed by atoms with van der Waals surface area (Å²) >= 11 is 0. The number of anilines is 1. The first-order valence-corrected chi connectivity index (χ1v) is 5.22. The number of rotatable bonds is 3. The van der Waals surface area contributed by atoms with Crippen LogP contribution in [0.4, 0.5) is 5.69 Å². The van der Waals surface area contributed by atoms with E-state index in [0.717, 1.165) is 24.3 Å². The topological polar surface area (TPSA) is 46.4 Å². The molecule has 0 spiro atoms. The van der Waals surface area contributed by atoms with Crippen LogP contribution >= 0.6 is 0 Å². The molecule has 1 aliphatic heterocycles. The Morgan fingerprint density at radius 3 is 2.60 bits per heavy atom. The average molecular weight is 206 g/mol. The lowest BCUT2D eigenvalue weighted by Gasteiger charge is -2.19. The number of benzene rings is 1. The Bertz CT molecular complexity index is 359. The Balaban J connectivity index is 2.24. The Kier molecular flexibility index (Phi) is 2.85. The molecule has 0 radical (unpaired) electrons. The molecule has 2 rings (SSSR count). The molecule has 4 heteroatoms. The molecular weight excluding hydrogens is 192 g/mol. The highest BCUT2D eigenvalue weighted by atomic mass is 16.6. The summed E-state index contributed by atoms with van der Waals surface area (Å²) in [5.41, 5.74) is 1.86. The van der Waals surface area contributed by atoms with Gasteiger partial charge in [-0.05, 0) is 18.9 Å². The van der Waals surface area contributed by atoms with Gasteiger partial charge in [0.1, 0.15) is 0 Å². The van der Waals surface area contributed by atoms with Gasteiger partial charge in [0.25, 0.3) is 0 Å². The highest BCUT2D eigenvalue weighted by molar-refractivity contribution is 5.53. The summed E-state index contributed by atoms with van der Waals surface area (Å²) in [6.45, 7) is 1.97. The minimum Gasteiger partial charge on any atom is -0.371 e. The van der Waals surface area contributed by atoms with Gasteiger partial charge in [0.15, 0.2) is 0 Å². The molecule has 0 atom stereocenters. The van der Waals surface area contributed by atoms with E-state index in [-0.39, 0.29) is 11.5 Å². The number of nitrogens with zero attached hydrogens (tertiary/aromatic N) is 2. The number of nitro groups is 1. The fourth-order valence-electron chi connectivity index (χ4n) is 2.05. The zero-order valence-electron chi connectivity index (χ0n) is 8.56. The van der Waals surface area contributed by atoms with Gasteiger partial charge in [0, 0.05) is 29.3 Å². The maximum absolute atomic E-state index is 10.5. The van der Waals surface area contributed by atoms with Crippen molar-refractivity contribution in [1.29, 1.82) is 0 Å². The average Bonchev–Trinajstić information content (AvgIpc) is 2.70. The third-order valence-electron chi connectivity index (χ3n) is 2.74. The molecule has 80 valence electrons. The van der Waals surface area contributed by atoms with Crippen molar-refractivity contribution in [1.82, 2.24) is 0 Å². The molecule has 15 heavy (non-hydrogen) atoms. The lowest BCUT2D eigenvalue weighted by molar-refractivity contribution is -0.496. The minimum absolute atomic E-state index is 0.0767. The molecule has 1 aromatic rings. The van der Waals surface area contributed by atoms with Crippen LogP contribution in [0.15, 0.2) is 24.3 Å². The molecule has 0 aromatic heterocycles. The van der Waals surface area contributed by atoms with Crippen molar-refractivity contribution < 1.29 is 4.92 Å². The van der Waals surface area contributed by atoms with Gasteiger partial charge < -0.3 is 4.90 Å². The third kappa shape index (κ3) is 2.26. The molecule has 1 aromatic carbocycles. The Morgan fingerprint density at radius 2 is 1.93 bits per heavy atom. The summed E-state index contributed by atoms with van der Waals surface area (Å²) in [5.74, 6) is 0. The first-order valence-electron chi connectivity index (χ1n) is 5.22. The van der Waals surface area contributed by atoms with Crippen molar-refractivity contribution in [3.63, 3.8) is 0 Å². The van der Waals surface area contributed by atoms with Gasteiger partial charge in [-0.15, -0.1) is 0 Å². The highest BCUT2D eigenvalue weighted by Gasteiger charge is 2.17. The van der Waals surface area contributed by atoms with Crippen molar-refractivity contribution in [2.75, 3.05) is 18.0 Å². The van der Waals surface area contributed by atoms with Crippen LogP contribution in [-0.4, -0.2) is 18.0 Å². The first-order chi connectivity index (χ1) is 7.27. The maximum Gasteiger partial charge on any atom is 0.230 e. The second kappa shape index (κ2) is 4.29. The Morgan fingerprint density at radius 1 is 1.27 bits per heavy atom. The van der Waals surface area contributed by atoms with E-state index in [0.29, 0.717) is 0 Å². The van der Waals surface area contributed by atoms with Gasteiger partial charge in [-0.1, -0.05) is 18.2 Å². The van der Waals surface area contributed by atoms with Gasteiger partial charge in [0.2, 0.25) is 6.54 Å². The molecule has 0 amide bonds. The van der Waals surface area contributed by atoms with Crippen LogP contribution < -0.4 is 4.90 Å². The van der Waals surface area contributed by atoms with E-state index < -0.39 is 0 Å². The minimum atomic E-state index is -0.269. The standard InChI is InChI=1S/C11H14N2O2/c14-13(15)9-10-5-1-2-6-11(10)12-7-3-4-8-12/h1-2,5-6H,3-4,7-9H2. The van der Waals surface area contributed by atoms with E-state index >= 15 is 0 Å². The fourth-order valence-corrected chi connectivity index (χ4v) is 2.05. The smallest absolute Gasteiger partial charge is 0.230 e. The molecule has 4 nitrogen and oxygen atoms in total. The third-order valence-corrected chi connectivity index (χ3v) is 2.74. The molecule has 1 saturated heterocycles. The van der Waals surface area contributed by atoms with Gasteiger partial charge in [-0.3, -0.25) is 10.1 Å². The molecule has 0 N–H and O–H groups in total. The van der Waals surface area contributed by atoms with E-state index in [1.54, 1.807) is 0 Å². The molecule has 1 aliphatic rings. The highest BCUT2D eigenvalue weighted by Crippen LogP contribution is 2.24. The lowest BCUT2D eigenvalue weighted by Crippen LogP contribution is -2.19. The first kappa shape index (κ1) is 9.96. The summed E-state index contributed by atoms with van der Waals surface area (Å²) in [7, 11) is 0. The van der Waals surface area contributed by atoms with Crippen LogP contribution in [0.25, 0.3) is 0 Å². The summed E-state index contributed by atoms with van der Waals surface area (Å²) in [6.07, 6.45) is 2.37. The molecule has 0 saturated carbocycles. The SMILES string of the molecule is O=[N+]([O-])Cc1ccccc1N1CCCC1. The Hall–Kier alpha value is -1.58. The summed E-state index contributed by atoms with van der Waals surface area (Å²) < 4.78 is 0. The summed E-state index contributed by atoms with van der Waals surface area (Å²) in [4.78, 5) is 12.5. The zero-order valence-corrected chi connectivity index (χ0v) is 8.56. The Labute approximate surface area is 88.7 Å². The van der Waals surface area contributed by atoms with E-state index in [1.165, 1.54) is 12.8 Å². The maximum atomic E-state index is 10.5. The van der Waals surface area contributed by atoms with Crippen LogP contribution in [0.5, 0.6) is 0 Å². The largest absolute Gasteiger partial charge is 0.371 e. The van der Waals surface area contributed by atoms with Gasteiger partial charge >= 0.3 is 0 Å². The molecule has 0 bridgehead atoms. The van der Waals surface area contributed by atoms with Crippen LogP contribution in [0.3, 0.4) is 0 Å². The van der Waals surface area contributed by atoms with Gasteiger partial charge in [-0.2, -0.15) is 0 Å². The van der Waals surface area contributed by atoms with Crippen molar-refractivity contribution in [3.05, 3.63) is 39.9 Å². The number of hydrogen-bond acceptors (Lipinski definition) is 3. The van der Waals surface area contributed by atoms with E-state index in [2.05, 4.69) is 4.90 Å². The van der Waals surface area contributed by atoms with Crippen molar-refractivity contribution >= 4 is 5.69 Å². The van der Waals surface area contributed by atoms with Gasteiger partial charge in [0.05, 0.1) is 0 Å². The monoisotopic (exact) mass is 206 g/mol. The van der Waals surface area contributed by atoms with E-state index in [1.807, 2.05) is 24.3 Å². The molecule has 1 fully saturated rings. The lowest BCUT2D eigenvalue weighted by atomic mass is 10.1. The molecule has 0 aliphatic carbocycles. The van der Waals surface area contributed by atoms with E-state index in [4.69, 9.17) is 0 Å². The second-order valence-corrected chi connectivity index (χ2v) is 3.81. The van der Waals surface area contributed by atoms with Crippen LogP contribution in [0, 0.1) is 10.1 Å². The quantitative estimate of drug-likeness (QED) is 0.561. The molecule has 1 heterocycles. The van der Waals surface area contributed by atoms with Crippen molar-refractivity contribution in [2.24, 2.45) is 0 Å². The van der Waals surface area contributed by atoms with Crippen LogP contribution in [-0.2, 0) is 6.54 Å². The van der Waals surface area contributed by atoms with E-state index in [9.17, 15) is 10.1 Å². The van der Waals surface area contributed by atoms with Gasteiger partial charge in [-0.25, -0.2) is 0 Å².